The van der Waals surface area contributed by atoms with Crippen molar-refractivity contribution in [2.75, 3.05) is 18.4 Å². The summed E-state index contributed by atoms with van der Waals surface area (Å²) in [6.45, 7) is 5.37. The average Bonchev–Trinajstić information content (AvgIpc) is 3.31. The molecule has 23 heavy (non-hydrogen) atoms. The maximum absolute atomic E-state index is 12.4. The molecule has 0 aliphatic heterocycles. The minimum absolute atomic E-state index is 0.0427. The first-order chi connectivity index (χ1) is 11.2. The number of anilines is 1. The van der Waals surface area contributed by atoms with Crippen LogP contribution in [0.2, 0.25) is 0 Å². The summed E-state index contributed by atoms with van der Waals surface area (Å²) in [6, 6.07) is 7.27. The van der Waals surface area contributed by atoms with E-state index in [2.05, 4.69) is 5.32 Å². The Balaban J connectivity index is 1.59. The molecule has 2 amide bonds. The quantitative estimate of drug-likeness (QED) is 0.903. The van der Waals surface area contributed by atoms with Crippen LogP contribution in [0.4, 0.5) is 5.69 Å². The minimum atomic E-state index is 0.0427. The Bertz CT molecular complexity index is 566. The van der Waals surface area contributed by atoms with Gasteiger partial charge in [-0.05, 0) is 62.8 Å². The number of benzene rings is 1. The van der Waals surface area contributed by atoms with E-state index in [0.29, 0.717) is 30.5 Å². The molecule has 0 bridgehead atoms. The summed E-state index contributed by atoms with van der Waals surface area (Å²) >= 11 is 0. The van der Waals surface area contributed by atoms with Gasteiger partial charge in [-0.3, -0.25) is 9.59 Å². The lowest BCUT2D eigenvalue weighted by Crippen LogP contribution is -2.30. The van der Waals surface area contributed by atoms with Crippen LogP contribution in [0.1, 0.15) is 49.9 Å². The molecule has 0 spiro atoms. The Hall–Kier alpha value is -1.84. The highest BCUT2D eigenvalue weighted by atomic mass is 16.2. The summed E-state index contributed by atoms with van der Waals surface area (Å²) in [5.41, 5.74) is 1.46. The van der Waals surface area contributed by atoms with Crippen molar-refractivity contribution in [2.24, 2.45) is 17.8 Å². The molecule has 0 saturated heterocycles. The van der Waals surface area contributed by atoms with Gasteiger partial charge in [-0.2, -0.15) is 0 Å². The van der Waals surface area contributed by atoms with E-state index in [-0.39, 0.29) is 17.7 Å². The van der Waals surface area contributed by atoms with E-state index in [1.165, 1.54) is 25.7 Å². The van der Waals surface area contributed by atoms with Crippen LogP contribution in [-0.4, -0.2) is 29.8 Å². The fourth-order valence-electron chi connectivity index (χ4n) is 4.00. The summed E-state index contributed by atoms with van der Waals surface area (Å²) in [4.78, 5) is 26.4. The zero-order valence-electron chi connectivity index (χ0n) is 14.0. The van der Waals surface area contributed by atoms with Crippen molar-refractivity contribution in [3.05, 3.63) is 29.8 Å². The van der Waals surface area contributed by atoms with E-state index < -0.39 is 0 Å². The molecule has 4 heteroatoms. The predicted molar refractivity (Wildman–Crippen MR) is 91.3 cm³/mol. The number of nitrogens with zero attached hydrogens (tertiary/aromatic N) is 1. The topological polar surface area (TPSA) is 49.4 Å². The standard InChI is InChI=1S/C19H26N2O2/c1-3-21(4-2)19(23)13-9-11-14(12-10-13)20-18(22)17-15-7-5-6-8-16(15)17/h9-12,15-17H,3-8H2,1-2H3,(H,20,22)/t15-,16-/m1/s1. The minimum Gasteiger partial charge on any atom is -0.339 e. The van der Waals surface area contributed by atoms with Crippen LogP contribution >= 0.6 is 0 Å². The molecule has 1 aromatic rings. The number of nitrogens with one attached hydrogen (secondary N) is 1. The lowest BCUT2D eigenvalue weighted by atomic mass is 10.0. The number of amides is 2. The molecule has 2 aliphatic carbocycles. The Labute approximate surface area is 138 Å². The van der Waals surface area contributed by atoms with Gasteiger partial charge in [0.2, 0.25) is 5.91 Å². The monoisotopic (exact) mass is 314 g/mol. The van der Waals surface area contributed by atoms with Crippen molar-refractivity contribution in [2.45, 2.75) is 39.5 Å². The fraction of sp³-hybridized carbons (Fsp3) is 0.579. The number of hydrogen-bond acceptors (Lipinski definition) is 2. The normalized spacial score (nSPS) is 25.4. The third-order valence-corrected chi connectivity index (χ3v) is 5.41. The van der Waals surface area contributed by atoms with E-state index >= 15 is 0 Å². The summed E-state index contributed by atoms with van der Waals surface area (Å²) in [6.07, 6.45) is 4.96. The SMILES string of the molecule is CCN(CC)C(=O)c1ccc(NC(=O)C2[C@@H]3CCCC[C@@H]23)cc1. The zero-order valence-corrected chi connectivity index (χ0v) is 14.0. The van der Waals surface area contributed by atoms with Crippen LogP contribution < -0.4 is 5.32 Å². The highest BCUT2D eigenvalue weighted by Crippen LogP contribution is 2.55. The highest BCUT2D eigenvalue weighted by molar-refractivity contribution is 5.97. The zero-order chi connectivity index (χ0) is 16.4. The number of fused-ring (bicyclic) bond motifs is 1. The third-order valence-electron chi connectivity index (χ3n) is 5.41. The van der Waals surface area contributed by atoms with E-state index in [1.807, 2.05) is 26.0 Å². The van der Waals surface area contributed by atoms with Crippen molar-refractivity contribution >= 4 is 17.5 Å². The molecule has 1 N–H and O–H groups in total. The smallest absolute Gasteiger partial charge is 0.253 e. The average molecular weight is 314 g/mol. The van der Waals surface area contributed by atoms with Crippen LogP contribution in [-0.2, 0) is 4.79 Å². The molecule has 2 aliphatic rings. The van der Waals surface area contributed by atoms with E-state index in [1.54, 1.807) is 17.0 Å². The van der Waals surface area contributed by atoms with Crippen molar-refractivity contribution < 1.29 is 9.59 Å². The number of rotatable bonds is 5. The van der Waals surface area contributed by atoms with Crippen LogP contribution in [0, 0.1) is 17.8 Å². The predicted octanol–water partition coefficient (Wildman–Crippen LogP) is 3.54. The molecule has 124 valence electrons. The molecule has 0 aromatic heterocycles. The summed E-state index contributed by atoms with van der Waals surface area (Å²) < 4.78 is 0. The molecule has 0 heterocycles. The van der Waals surface area contributed by atoms with Gasteiger partial charge < -0.3 is 10.2 Å². The van der Waals surface area contributed by atoms with Crippen molar-refractivity contribution in [1.29, 1.82) is 0 Å². The lowest BCUT2D eigenvalue weighted by molar-refractivity contribution is -0.117. The van der Waals surface area contributed by atoms with E-state index in [0.717, 1.165) is 5.69 Å². The van der Waals surface area contributed by atoms with Gasteiger partial charge in [-0.1, -0.05) is 12.8 Å². The summed E-state index contributed by atoms with van der Waals surface area (Å²) in [5, 5.41) is 3.02. The van der Waals surface area contributed by atoms with Gasteiger partial charge in [0.25, 0.3) is 5.91 Å². The maximum Gasteiger partial charge on any atom is 0.253 e. The lowest BCUT2D eigenvalue weighted by Gasteiger charge is -2.18. The first kappa shape index (κ1) is 16.0. The molecular formula is C19H26N2O2. The molecular weight excluding hydrogens is 288 g/mol. The third kappa shape index (κ3) is 3.26. The van der Waals surface area contributed by atoms with Crippen molar-refractivity contribution in [3.63, 3.8) is 0 Å². The second-order valence-corrected chi connectivity index (χ2v) is 6.68. The molecule has 2 fully saturated rings. The fourth-order valence-corrected chi connectivity index (χ4v) is 4.00. The van der Waals surface area contributed by atoms with Gasteiger partial charge in [0, 0.05) is 30.3 Å². The first-order valence-electron chi connectivity index (χ1n) is 8.86. The van der Waals surface area contributed by atoms with Crippen LogP contribution in [0.5, 0.6) is 0 Å². The number of carbonyl (C=O) groups is 2. The second kappa shape index (κ2) is 6.73. The van der Waals surface area contributed by atoms with Gasteiger partial charge in [0.15, 0.2) is 0 Å². The second-order valence-electron chi connectivity index (χ2n) is 6.68. The van der Waals surface area contributed by atoms with E-state index in [9.17, 15) is 9.59 Å². The van der Waals surface area contributed by atoms with Gasteiger partial charge in [-0.15, -0.1) is 0 Å². The Morgan fingerprint density at radius 3 is 2.13 bits per heavy atom. The summed E-state index contributed by atoms with van der Waals surface area (Å²) in [5.74, 6) is 1.65. The Morgan fingerprint density at radius 2 is 1.61 bits per heavy atom. The molecule has 0 unspecified atom stereocenters. The molecule has 4 nitrogen and oxygen atoms in total. The number of carbonyl (C=O) groups excluding carboxylic acids is 2. The molecule has 2 atom stereocenters. The van der Waals surface area contributed by atoms with Crippen molar-refractivity contribution in [1.82, 2.24) is 4.90 Å². The highest BCUT2D eigenvalue weighted by Gasteiger charge is 2.54. The number of hydrogen-bond donors (Lipinski definition) is 1. The summed E-state index contributed by atoms with van der Waals surface area (Å²) in [7, 11) is 0. The first-order valence-corrected chi connectivity index (χ1v) is 8.86. The van der Waals surface area contributed by atoms with Gasteiger partial charge >= 0.3 is 0 Å². The molecule has 2 saturated carbocycles. The van der Waals surface area contributed by atoms with Crippen molar-refractivity contribution in [3.8, 4) is 0 Å². The van der Waals surface area contributed by atoms with Crippen LogP contribution in [0.15, 0.2) is 24.3 Å². The van der Waals surface area contributed by atoms with Crippen LogP contribution in [0.25, 0.3) is 0 Å². The van der Waals surface area contributed by atoms with Crippen LogP contribution in [0.3, 0.4) is 0 Å². The van der Waals surface area contributed by atoms with E-state index in [4.69, 9.17) is 0 Å². The molecule has 3 rings (SSSR count). The van der Waals surface area contributed by atoms with Gasteiger partial charge in [0.1, 0.15) is 0 Å². The Morgan fingerprint density at radius 1 is 1.04 bits per heavy atom. The largest absolute Gasteiger partial charge is 0.339 e. The maximum atomic E-state index is 12.4. The Kier molecular flexibility index (Phi) is 4.69. The molecule has 0 radical (unpaired) electrons. The van der Waals surface area contributed by atoms with Gasteiger partial charge in [-0.25, -0.2) is 0 Å². The van der Waals surface area contributed by atoms with Gasteiger partial charge in [0.05, 0.1) is 0 Å². The molecule has 1 aromatic carbocycles.